The number of benzene rings is 1. The molecule has 0 aromatic heterocycles. The summed E-state index contributed by atoms with van der Waals surface area (Å²) in [5.41, 5.74) is 2.25. The van der Waals surface area contributed by atoms with E-state index in [4.69, 9.17) is 9.73 Å². The summed E-state index contributed by atoms with van der Waals surface area (Å²) in [5.74, 6) is 0.618. The van der Waals surface area contributed by atoms with Crippen molar-refractivity contribution in [2.75, 3.05) is 20.2 Å². The first-order valence-corrected chi connectivity index (χ1v) is 8.04. The molecule has 0 radical (unpaired) electrons. The van der Waals surface area contributed by atoms with Gasteiger partial charge in [-0.15, -0.1) is 0 Å². The Morgan fingerprint density at radius 1 is 1.39 bits per heavy atom. The zero-order valence-corrected chi connectivity index (χ0v) is 13.8. The molecule has 0 unspecified atom stereocenters. The molecule has 0 aliphatic carbocycles. The number of rotatable bonds is 3. The second-order valence-electron chi connectivity index (χ2n) is 6.86. The van der Waals surface area contributed by atoms with Crippen LogP contribution in [0.3, 0.4) is 0 Å². The Bertz CT molecular complexity index is 610. The van der Waals surface area contributed by atoms with E-state index in [2.05, 4.69) is 24.2 Å². The summed E-state index contributed by atoms with van der Waals surface area (Å²) in [4.78, 5) is 7.14. The summed E-state index contributed by atoms with van der Waals surface area (Å²) < 4.78 is 19.3. The SMILES string of the molecule is COc1ccc(C(=N[C@@H]2C3CCN(CC3)C2(C)C)NO)c(F)c1. The lowest BCUT2D eigenvalue weighted by Crippen LogP contribution is -2.63. The molecule has 1 aromatic rings. The summed E-state index contributed by atoms with van der Waals surface area (Å²) in [6, 6.07) is 4.56. The van der Waals surface area contributed by atoms with Crippen molar-refractivity contribution in [1.29, 1.82) is 0 Å². The molecule has 2 N–H and O–H groups in total. The summed E-state index contributed by atoms with van der Waals surface area (Å²) in [6.45, 7) is 6.52. The van der Waals surface area contributed by atoms with E-state index in [-0.39, 0.29) is 23.0 Å². The summed E-state index contributed by atoms with van der Waals surface area (Å²) in [5, 5.41) is 9.51. The molecule has 0 saturated carbocycles. The molecule has 23 heavy (non-hydrogen) atoms. The van der Waals surface area contributed by atoms with Crippen LogP contribution in [0.4, 0.5) is 4.39 Å². The molecule has 3 aliphatic rings. The predicted octanol–water partition coefficient (Wildman–Crippen LogP) is 2.43. The van der Waals surface area contributed by atoms with Gasteiger partial charge in [0, 0.05) is 11.6 Å². The van der Waals surface area contributed by atoms with Crippen molar-refractivity contribution >= 4 is 5.84 Å². The Kier molecular flexibility index (Phi) is 4.29. The molecule has 6 heteroatoms. The molecular formula is C17H24FN3O2. The fourth-order valence-corrected chi connectivity index (χ4v) is 3.93. The van der Waals surface area contributed by atoms with Gasteiger partial charge in [-0.3, -0.25) is 20.6 Å². The first kappa shape index (κ1) is 16.2. The number of hydrogen-bond acceptors (Lipinski definition) is 4. The fourth-order valence-electron chi connectivity index (χ4n) is 3.93. The van der Waals surface area contributed by atoms with Gasteiger partial charge in [-0.05, 0) is 57.8 Å². The second kappa shape index (κ2) is 6.09. The lowest BCUT2D eigenvalue weighted by atomic mass is 9.72. The molecule has 3 fully saturated rings. The molecule has 126 valence electrons. The van der Waals surface area contributed by atoms with Gasteiger partial charge in [0.25, 0.3) is 0 Å². The standard InChI is InChI=1S/C17H24FN3O2/c1-17(2)15(11-6-8-21(17)9-7-11)19-16(20-22)13-5-4-12(23-3)10-14(13)18/h4-5,10-11,15,22H,6-9H2,1-3H3,(H,19,20)/t15-/m1/s1. The molecule has 1 atom stereocenters. The van der Waals surface area contributed by atoms with E-state index in [1.807, 2.05) is 0 Å². The van der Waals surface area contributed by atoms with Gasteiger partial charge in [-0.2, -0.15) is 0 Å². The molecule has 1 aromatic carbocycles. The third-order valence-electron chi connectivity index (χ3n) is 5.33. The second-order valence-corrected chi connectivity index (χ2v) is 6.86. The number of aliphatic imine (C=N–C) groups is 1. The van der Waals surface area contributed by atoms with Crippen molar-refractivity contribution in [2.24, 2.45) is 10.9 Å². The average molecular weight is 321 g/mol. The number of nitrogens with one attached hydrogen (secondary N) is 1. The Balaban J connectivity index is 1.95. The first-order chi connectivity index (χ1) is 11.0. The fraction of sp³-hybridized carbons (Fsp3) is 0.588. The van der Waals surface area contributed by atoms with E-state index in [1.165, 1.54) is 13.2 Å². The normalized spacial score (nSPS) is 29.4. The van der Waals surface area contributed by atoms with Gasteiger partial charge in [-0.25, -0.2) is 4.39 Å². The van der Waals surface area contributed by atoms with Gasteiger partial charge in [0.05, 0.1) is 18.7 Å². The van der Waals surface area contributed by atoms with E-state index in [0.717, 1.165) is 25.9 Å². The van der Waals surface area contributed by atoms with E-state index < -0.39 is 5.82 Å². The first-order valence-electron chi connectivity index (χ1n) is 8.04. The summed E-state index contributed by atoms with van der Waals surface area (Å²) in [7, 11) is 1.49. The predicted molar refractivity (Wildman–Crippen MR) is 86.6 cm³/mol. The Hall–Kier alpha value is -1.66. The van der Waals surface area contributed by atoms with Crippen molar-refractivity contribution < 1.29 is 14.3 Å². The Morgan fingerprint density at radius 3 is 2.61 bits per heavy atom. The van der Waals surface area contributed by atoms with Gasteiger partial charge in [0.2, 0.25) is 0 Å². The number of amidine groups is 1. The molecule has 0 spiro atoms. The van der Waals surface area contributed by atoms with Crippen LogP contribution in [0.15, 0.2) is 23.2 Å². The van der Waals surface area contributed by atoms with Crippen LogP contribution in [0.5, 0.6) is 5.75 Å². The highest BCUT2D eigenvalue weighted by Gasteiger charge is 2.47. The number of ether oxygens (including phenoxy) is 1. The van der Waals surface area contributed by atoms with E-state index >= 15 is 0 Å². The molecule has 3 saturated heterocycles. The van der Waals surface area contributed by atoms with Crippen LogP contribution in [0, 0.1) is 11.7 Å². The van der Waals surface area contributed by atoms with Crippen LogP contribution >= 0.6 is 0 Å². The Morgan fingerprint density at radius 2 is 2.09 bits per heavy atom. The monoisotopic (exact) mass is 321 g/mol. The molecule has 3 heterocycles. The Labute approximate surface area is 136 Å². The van der Waals surface area contributed by atoms with Crippen LogP contribution in [-0.2, 0) is 0 Å². The van der Waals surface area contributed by atoms with Crippen LogP contribution in [0.1, 0.15) is 32.3 Å². The number of methoxy groups -OCH3 is 1. The van der Waals surface area contributed by atoms with Crippen LogP contribution in [-0.4, -0.2) is 47.7 Å². The number of halogens is 1. The number of hydrogen-bond donors (Lipinski definition) is 2. The highest BCUT2D eigenvalue weighted by molar-refractivity contribution is 5.98. The summed E-state index contributed by atoms with van der Waals surface area (Å²) >= 11 is 0. The van der Waals surface area contributed by atoms with Gasteiger partial charge >= 0.3 is 0 Å². The van der Waals surface area contributed by atoms with Crippen LogP contribution < -0.4 is 10.2 Å². The van der Waals surface area contributed by atoms with E-state index in [0.29, 0.717) is 11.7 Å². The van der Waals surface area contributed by atoms with Gasteiger partial charge in [0.1, 0.15) is 11.6 Å². The smallest absolute Gasteiger partial charge is 0.155 e. The van der Waals surface area contributed by atoms with Crippen molar-refractivity contribution in [3.63, 3.8) is 0 Å². The topological polar surface area (TPSA) is 57.1 Å². The minimum atomic E-state index is -0.469. The van der Waals surface area contributed by atoms with Gasteiger partial charge in [-0.1, -0.05) is 0 Å². The quantitative estimate of drug-likeness (QED) is 0.510. The third-order valence-corrected chi connectivity index (χ3v) is 5.33. The number of piperidine rings is 3. The van der Waals surface area contributed by atoms with Gasteiger partial charge < -0.3 is 4.74 Å². The maximum absolute atomic E-state index is 14.3. The maximum atomic E-state index is 14.3. The highest BCUT2D eigenvalue weighted by Crippen LogP contribution is 2.41. The number of hydroxylamine groups is 1. The largest absolute Gasteiger partial charge is 0.497 e. The minimum Gasteiger partial charge on any atom is -0.497 e. The number of nitrogens with zero attached hydrogens (tertiary/aromatic N) is 2. The molecule has 4 rings (SSSR count). The molecule has 5 nitrogen and oxygen atoms in total. The number of fused-ring (bicyclic) bond motifs is 3. The van der Waals surface area contributed by atoms with E-state index in [9.17, 15) is 9.60 Å². The zero-order valence-electron chi connectivity index (χ0n) is 13.8. The summed E-state index contributed by atoms with van der Waals surface area (Å²) in [6.07, 6.45) is 2.20. The molecule has 0 amide bonds. The third kappa shape index (κ3) is 2.81. The lowest BCUT2D eigenvalue weighted by molar-refractivity contribution is -0.0256. The van der Waals surface area contributed by atoms with E-state index in [1.54, 1.807) is 12.1 Å². The zero-order chi connectivity index (χ0) is 16.6. The van der Waals surface area contributed by atoms with Crippen LogP contribution in [0.25, 0.3) is 0 Å². The molecule has 2 bridgehead atoms. The highest BCUT2D eigenvalue weighted by atomic mass is 19.1. The van der Waals surface area contributed by atoms with Crippen LogP contribution in [0.2, 0.25) is 0 Å². The maximum Gasteiger partial charge on any atom is 0.155 e. The van der Waals surface area contributed by atoms with Gasteiger partial charge in [0.15, 0.2) is 5.84 Å². The molecule has 3 aliphatic heterocycles. The van der Waals surface area contributed by atoms with Crippen molar-refractivity contribution in [3.05, 3.63) is 29.6 Å². The minimum absolute atomic E-state index is 0.0288. The van der Waals surface area contributed by atoms with Crippen molar-refractivity contribution in [2.45, 2.75) is 38.3 Å². The molecular weight excluding hydrogens is 297 g/mol. The average Bonchev–Trinajstić information content (AvgIpc) is 2.55. The van der Waals surface area contributed by atoms with Crippen molar-refractivity contribution in [1.82, 2.24) is 10.4 Å². The lowest BCUT2D eigenvalue weighted by Gasteiger charge is -2.55. The van der Waals surface area contributed by atoms with Crippen molar-refractivity contribution in [3.8, 4) is 5.75 Å².